The Morgan fingerprint density at radius 1 is 1.24 bits per heavy atom. The van der Waals surface area contributed by atoms with Crippen molar-refractivity contribution in [2.75, 3.05) is 13.1 Å². The maximum atomic E-state index is 11.0. The van der Waals surface area contributed by atoms with Gasteiger partial charge in [0.2, 0.25) is 5.91 Å². The Morgan fingerprint density at radius 3 is 2.53 bits per heavy atom. The molecule has 1 aromatic rings. The van der Waals surface area contributed by atoms with Crippen LogP contribution in [-0.2, 0) is 17.9 Å². The van der Waals surface area contributed by atoms with Crippen LogP contribution in [0.5, 0.6) is 0 Å². The van der Waals surface area contributed by atoms with Crippen molar-refractivity contribution in [2.24, 2.45) is 0 Å². The number of amides is 1. The van der Waals surface area contributed by atoms with Crippen LogP contribution in [0, 0.1) is 0 Å². The lowest BCUT2D eigenvalue weighted by Gasteiger charge is -2.17. The van der Waals surface area contributed by atoms with E-state index >= 15 is 0 Å². The van der Waals surface area contributed by atoms with Crippen molar-refractivity contribution in [2.45, 2.75) is 32.9 Å². The zero-order chi connectivity index (χ0) is 12.1. The third kappa shape index (κ3) is 3.56. The molecule has 3 nitrogen and oxygen atoms in total. The van der Waals surface area contributed by atoms with E-state index in [9.17, 15) is 4.79 Å². The second-order valence-corrected chi connectivity index (χ2v) is 4.66. The zero-order valence-corrected chi connectivity index (χ0v) is 10.4. The number of benzene rings is 1. The summed E-state index contributed by atoms with van der Waals surface area (Å²) in [6.45, 7) is 5.61. The molecule has 0 unspecified atom stereocenters. The quantitative estimate of drug-likeness (QED) is 0.860. The predicted molar refractivity (Wildman–Crippen MR) is 68.5 cm³/mol. The Balaban J connectivity index is 2.01. The van der Waals surface area contributed by atoms with Gasteiger partial charge in [-0.05, 0) is 37.1 Å². The third-order valence-corrected chi connectivity index (χ3v) is 3.24. The first-order valence-electron chi connectivity index (χ1n) is 6.29. The van der Waals surface area contributed by atoms with E-state index in [4.69, 9.17) is 0 Å². The number of hydrogen-bond donors (Lipinski definition) is 1. The Kier molecular flexibility index (Phi) is 4.15. The molecule has 17 heavy (non-hydrogen) atoms. The van der Waals surface area contributed by atoms with E-state index in [1.807, 2.05) is 6.07 Å². The standard InChI is InChI=1S/C14H20N2O/c1-12(17)15-10-13-6-2-3-7-14(13)11-16-8-4-5-9-16/h2-3,6-7H,4-5,8-11H2,1H3,(H,15,17). The van der Waals surface area contributed by atoms with Crippen LogP contribution >= 0.6 is 0 Å². The smallest absolute Gasteiger partial charge is 0.217 e. The van der Waals surface area contributed by atoms with Crippen LogP contribution in [-0.4, -0.2) is 23.9 Å². The normalized spacial score (nSPS) is 16.1. The molecule has 1 amide bonds. The highest BCUT2D eigenvalue weighted by Gasteiger charge is 2.13. The number of carbonyl (C=O) groups excluding carboxylic acids is 1. The molecular weight excluding hydrogens is 212 g/mol. The van der Waals surface area contributed by atoms with Gasteiger partial charge in [0.25, 0.3) is 0 Å². The Morgan fingerprint density at radius 2 is 1.88 bits per heavy atom. The fraction of sp³-hybridized carbons (Fsp3) is 0.500. The molecule has 0 aromatic heterocycles. The summed E-state index contributed by atoms with van der Waals surface area (Å²) in [6.07, 6.45) is 2.63. The number of carbonyl (C=O) groups is 1. The van der Waals surface area contributed by atoms with Gasteiger partial charge in [0.15, 0.2) is 0 Å². The van der Waals surface area contributed by atoms with Gasteiger partial charge in [0, 0.05) is 20.0 Å². The van der Waals surface area contributed by atoms with Crippen LogP contribution in [0.4, 0.5) is 0 Å². The van der Waals surface area contributed by atoms with Crippen LogP contribution in [0.15, 0.2) is 24.3 Å². The first kappa shape index (κ1) is 12.1. The van der Waals surface area contributed by atoms with Gasteiger partial charge in [-0.25, -0.2) is 0 Å². The van der Waals surface area contributed by atoms with Gasteiger partial charge < -0.3 is 5.32 Å². The van der Waals surface area contributed by atoms with E-state index in [1.54, 1.807) is 6.92 Å². The Labute approximate surface area is 103 Å². The summed E-state index contributed by atoms with van der Waals surface area (Å²) in [7, 11) is 0. The number of likely N-dealkylation sites (tertiary alicyclic amines) is 1. The monoisotopic (exact) mass is 232 g/mol. The molecular formula is C14H20N2O. The van der Waals surface area contributed by atoms with Crippen molar-refractivity contribution in [1.82, 2.24) is 10.2 Å². The first-order chi connectivity index (χ1) is 8.25. The number of nitrogens with one attached hydrogen (secondary N) is 1. The minimum atomic E-state index is 0.0287. The summed E-state index contributed by atoms with van der Waals surface area (Å²) in [5.74, 6) is 0.0287. The van der Waals surface area contributed by atoms with E-state index < -0.39 is 0 Å². The molecule has 0 atom stereocenters. The molecule has 1 fully saturated rings. The topological polar surface area (TPSA) is 32.3 Å². The van der Waals surface area contributed by atoms with Crippen molar-refractivity contribution >= 4 is 5.91 Å². The summed E-state index contributed by atoms with van der Waals surface area (Å²) >= 11 is 0. The highest BCUT2D eigenvalue weighted by molar-refractivity contribution is 5.72. The fourth-order valence-electron chi connectivity index (χ4n) is 2.29. The maximum absolute atomic E-state index is 11.0. The summed E-state index contributed by atoms with van der Waals surface area (Å²) in [4.78, 5) is 13.4. The molecule has 1 N–H and O–H groups in total. The molecule has 1 aliphatic heterocycles. The number of rotatable bonds is 4. The molecule has 0 aliphatic carbocycles. The highest BCUT2D eigenvalue weighted by atomic mass is 16.1. The lowest BCUT2D eigenvalue weighted by Crippen LogP contribution is -2.23. The van der Waals surface area contributed by atoms with Gasteiger partial charge in [0.1, 0.15) is 0 Å². The van der Waals surface area contributed by atoms with E-state index in [0.29, 0.717) is 6.54 Å². The van der Waals surface area contributed by atoms with E-state index in [2.05, 4.69) is 28.4 Å². The fourth-order valence-corrected chi connectivity index (χ4v) is 2.29. The van der Waals surface area contributed by atoms with Crippen molar-refractivity contribution in [1.29, 1.82) is 0 Å². The number of nitrogens with zero attached hydrogens (tertiary/aromatic N) is 1. The average Bonchev–Trinajstić information content (AvgIpc) is 2.80. The molecule has 0 radical (unpaired) electrons. The average molecular weight is 232 g/mol. The molecule has 1 heterocycles. The van der Waals surface area contributed by atoms with Crippen LogP contribution in [0.1, 0.15) is 30.9 Å². The van der Waals surface area contributed by atoms with Gasteiger partial charge in [-0.1, -0.05) is 24.3 Å². The summed E-state index contributed by atoms with van der Waals surface area (Å²) < 4.78 is 0. The molecule has 1 saturated heterocycles. The molecule has 0 spiro atoms. The van der Waals surface area contributed by atoms with Gasteiger partial charge in [-0.15, -0.1) is 0 Å². The molecule has 3 heteroatoms. The van der Waals surface area contributed by atoms with Crippen LogP contribution in [0.2, 0.25) is 0 Å². The lowest BCUT2D eigenvalue weighted by atomic mass is 10.1. The van der Waals surface area contributed by atoms with Gasteiger partial charge in [0.05, 0.1) is 0 Å². The minimum absolute atomic E-state index is 0.0287. The predicted octanol–water partition coefficient (Wildman–Crippen LogP) is 1.92. The first-order valence-corrected chi connectivity index (χ1v) is 6.29. The summed E-state index contributed by atoms with van der Waals surface area (Å²) in [6, 6.07) is 8.37. The van der Waals surface area contributed by atoms with Crippen LogP contribution < -0.4 is 5.32 Å². The zero-order valence-electron chi connectivity index (χ0n) is 10.4. The van der Waals surface area contributed by atoms with Crippen molar-refractivity contribution in [3.05, 3.63) is 35.4 Å². The van der Waals surface area contributed by atoms with E-state index in [-0.39, 0.29) is 5.91 Å². The molecule has 1 aliphatic rings. The molecule has 0 saturated carbocycles. The second-order valence-electron chi connectivity index (χ2n) is 4.66. The van der Waals surface area contributed by atoms with Gasteiger partial charge in [-0.3, -0.25) is 9.69 Å². The van der Waals surface area contributed by atoms with Gasteiger partial charge >= 0.3 is 0 Å². The summed E-state index contributed by atoms with van der Waals surface area (Å²) in [5, 5.41) is 2.87. The minimum Gasteiger partial charge on any atom is -0.352 e. The van der Waals surface area contributed by atoms with Crippen molar-refractivity contribution in [3.8, 4) is 0 Å². The van der Waals surface area contributed by atoms with Crippen molar-refractivity contribution in [3.63, 3.8) is 0 Å². The molecule has 0 bridgehead atoms. The molecule has 92 valence electrons. The van der Waals surface area contributed by atoms with E-state index in [0.717, 1.165) is 6.54 Å². The highest BCUT2D eigenvalue weighted by Crippen LogP contribution is 2.15. The van der Waals surface area contributed by atoms with Crippen LogP contribution in [0.25, 0.3) is 0 Å². The van der Waals surface area contributed by atoms with Crippen molar-refractivity contribution < 1.29 is 4.79 Å². The lowest BCUT2D eigenvalue weighted by molar-refractivity contribution is -0.119. The largest absolute Gasteiger partial charge is 0.352 e. The second kappa shape index (κ2) is 5.82. The number of hydrogen-bond acceptors (Lipinski definition) is 2. The summed E-state index contributed by atoms with van der Waals surface area (Å²) in [5.41, 5.74) is 2.57. The third-order valence-electron chi connectivity index (χ3n) is 3.24. The van der Waals surface area contributed by atoms with E-state index in [1.165, 1.54) is 37.1 Å². The molecule has 2 rings (SSSR count). The maximum Gasteiger partial charge on any atom is 0.217 e. The van der Waals surface area contributed by atoms with Gasteiger partial charge in [-0.2, -0.15) is 0 Å². The SMILES string of the molecule is CC(=O)NCc1ccccc1CN1CCCC1. The van der Waals surface area contributed by atoms with Crippen LogP contribution in [0.3, 0.4) is 0 Å². The Hall–Kier alpha value is -1.35. The Bertz CT molecular complexity index is 384. The molecule has 1 aromatic carbocycles.